The maximum absolute atomic E-state index is 13.5. The van der Waals surface area contributed by atoms with Crippen LogP contribution in [-0.2, 0) is 10.9 Å². The number of halogens is 5. The molecule has 8 heteroatoms. The average molecular weight is 392 g/mol. The quantitative estimate of drug-likeness (QED) is 0.788. The summed E-state index contributed by atoms with van der Waals surface area (Å²) < 4.78 is 63.8. The van der Waals surface area contributed by atoms with Crippen LogP contribution in [-0.4, -0.2) is 32.4 Å². The van der Waals surface area contributed by atoms with E-state index in [9.17, 15) is 17.6 Å². The van der Waals surface area contributed by atoms with Gasteiger partial charge in [0.25, 0.3) is 0 Å². The molecule has 142 valence electrons. The molecule has 1 saturated heterocycles. The van der Waals surface area contributed by atoms with Gasteiger partial charge in [0.15, 0.2) is 0 Å². The standard InChI is InChI=1S/C18H17F4NO2.ClH/c19-14-3-1-2-12(8-14)16-9-13(18(20,21)22)4-5-17(16)25-11-15-10-23-6-7-24-15;/h1-5,8-9,15,23H,6-7,10-11H2;1H/t15-;/m0./s1. The van der Waals surface area contributed by atoms with Gasteiger partial charge in [0.1, 0.15) is 24.3 Å². The molecule has 0 unspecified atom stereocenters. The lowest BCUT2D eigenvalue weighted by Crippen LogP contribution is -2.41. The van der Waals surface area contributed by atoms with E-state index in [-0.39, 0.29) is 36.4 Å². The molecule has 0 aromatic heterocycles. The molecule has 3 rings (SSSR count). The minimum Gasteiger partial charge on any atom is -0.490 e. The fraction of sp³-hybridized carbons (Fsp3) is 0.333. The number of hydrogen-bond acceptors (Lipinski definition) is 3. The summed E-state index contributed by atoms with van der Waals surface area (Å²) in [6.07, 6.45) is -4.67. The van der Waals surface area contributed by atoms with Crippen molar-refractivity contribution in [3.05, 3.63) is 53.8 Å². The van der Waals surface area contributed by atoms with E-state index >= 15 is 0 Å². The number of rotatable bonds is 4. The Kier molecular flexibility index (Phi) is 6.86. The summed E-state index contributed by atoms with van der Waals surface area (Å²) in [6, 6.07) is 8.61. The third-order valence-electron chi connectivity index (χ3n) is 3.87. The van der Waals surface area contributed by atoms with Crippen molar-refractivity contribution in [3.63, 3.8) is 0 Å². The van der Waals surface area contributed by atoms with Crippen LogP contribution < -0.4 is 10.1 Å². The second-order valence-corrected chi connectivity index (χ2v) is 5.73. The first-order valence-corrected chi connectivity index (χ1v) is 7.86. The average Bonchev–Trinajstić information content (AvgIpc) is 2.60. The Labute approximate surface area is 154 Å². The molecule has 3 nitrogen and oxygen atoms in total. The molecule has 1 N–H and O–H groups in total. The topological polar surface area (TPSA) is 30.5 Å². The van der Waals surface area contributed by atoms with Crippen molar-refractivity contribution in [1.29, 1.82) is 0 Å². The molecule has 1 heterocycles. The van der Waals surface area contributed by atoms with Crippen molar-refractivity contribution in [2.45, 2.75) is 12.3 Å². The number of morpholine rings is 1. The molecule has 0 amide bonds. The number of benzene rings is 2. The molecule has 0 bridgehead atoms. The number of alkyl halides is 3. The van der Waals surface area contributed by atoms with Gasteiger partial charge in [-0.1, -0.05) is 12.1 Å². The van der Waals surface area contributed by atoms with Gasteiger partial charge in [0.2, 0.25) is 0 Å². The molecule has 1 aliphatic heterocycles. The van der Waals surface area contributed by atoms with Crippen LogP contribution in [0.4, 0.5) is 17.6 Å². The first kappa shape index (κ1) is 20.5. The Morgan fingerprint density at radius 3 is 2.62 bits per heavy atom. The summed E-state index contributed by atoms with van der Waals surface area (Å²) >= 11 is 0. The summed E-state index contributed by atoms with van der Waals surface area (Å²) in [5.74, 6) is -0.270. The molecule has 0 radical (unpaired) electrons. The van der Waals surface area contributed by atoms with Crippen molar-refractivity contribution >= 4 is 12.4 Å². The highest BCUT2D eigenvalue weighted by atomic mass is 35.5. The van der Waals surface area contributed by atoms with Crippen LogP contribution in [0.5, 0.6) is 5.75 Å². The lowest BCUT2D eigenvalue weighted by atomic mass is 10.0. The van der Waals surface area contributed by atoms with Crippen LogP contribution in [0, 0.1) is 5.82 Å². The number of nitrogens with one attached hydrogen (secondary N) is 1. The Morgan fingerprint density at radius 2 is 1.96 bits per heavy atom. The smallest absolute Gasteiger partial charge is 0.416 e. The molecule has 0 aliphatic carbocycles. The van der Waals surface area contributed by atoms with E-state index in [1.165, 1.54) is 24.3 Å². The van der Waals surface area contributed by atoms with Crippen LogP contribution in [0.1, 0.15) is 5.56 Å². The first-order valence-electron chi connectivity index (χ1n) is 7.86. The van der Waals surface area contributed by atoms with Crippen molar-refractivity contribution in [1.82, 2.24) is 5.32 Å². The van der Waals surface area contributed by atoms with E-state index in [1.54, 1.807) is 6.07 Å². The molecule has 2 aromatic carbocycles. The summed E-state index contributed by atoms with van der Waals surface area (Å²) in [6.45, 7) is 2.11. The third-order valence-corrected chi connectivity index (χ3v) is 3.87. The molecule has 1 fully saturated rings. The Morgan fingerprint density at radius 1 is 1.15 bits per heavy atom. The predicted molar refractivity (Wildman–Crippen MR) is 92.2 cm³/mol. The maximum Gasteiger partial charge on any atom is 0.416 e. The van der Waals surface area contributed by atoms with Crippen LogP contribution in [0.15, 0.2) is 42.5 Å². The highest BCUT2D eigenvalue weighted by Crippen LogP contribution is 2.37. The van der Waals surface area contributed by atoms with Gasteiger partial charge in [-0.25, -0.2) is 4.39 Å². The molecule has 26 heavy (non-hydrogen) atoms. The summed E-state index contributed by atoms with van der Waals surface area (Å²) in [5.41, 5.74) is -0.295. The minimum absolute atomic E-state index is 0. The molecule has 2 aromatic rings. The Hall–Kier alpha value is -1.83. The lowest BCUT2D eigenvalue weighted by molar-refractivity contribution is -0.137. The van der Waals surface area contributed by atoms with E-state index in [0.717, 1.165) is 18.7 Å². The van der Waals surface area contributed by atoms with Crippen molar-refractivity contribution in [3.8, 4) is 16.9 Å². The van der Waals surface area contributed by atoms with Crippen LogP contribution >= 0.6 is 12.4 Å². The highest BCUT2D eigenvalue weighted by Gasteiger charge is 2.31. The van der Waals surface area contributed by atoms with Gasteiger partial charge in [-0.2, -0.15) is 13.2 Å². The minimum atomic E-state index is -4.49. The zero-order valence-electron chi connectivity index (χ0n) is 13.7. The summed E-state index contributed by atoms with van der Waals surface area (Å²) in [4.78, 5) is 0. The SMILES string of the molecule is Cl.Fc1cccc(-c2cc(C(F)(F)F)ccc2OC[C@@H]2CNCCO2)c1. The summed E-state index contributed by atoms with van der Waals surface area (Å²) in [5, 5.41) is 3.15. The normalized spacial score (nSPS) is 17.5. The van der Waals surface area contributed by atoms with Gasteiger partial charge in [-0.3, -0.25) is 0 Å². The van der Waals surface area contributed by atoms with Gasteiger partial charge < -0.3 is 14.8 Å². The van der Waals surface area contributed by atoms with Crippen LogP contribution in [0.25, 0.3) is 11.1 Å². The van der Waals surface area contributed by atoms with Crippen LogP contribution in [0.2, 0.25) is 0 Å². The van der Waals surface area contributed by atoms with E-state index in [1.807, 2.05) is 0 Å². The second kappa shape index (κ2) is 8.70. The first-order chi connectivity index (χ1) is 11.9. The number of hydrogen-bond donors (Lipinski definition) is 1. The van der Waals surface area contributed by atoms with Crippen molar-refractivity contribution in [2.75, 3.05) is 26.3 Å². The van der Waals surface area contributed by atoms with Gasteiger partial charge >= 0.3 is 6.18 Å². The third kappa shape index (κ3) is 5.09. The van der Waals surface area contributed by atoms with Crippen LogP contribution in [0.3, 0.4) is 0 Å². The van der Waals surface area contributed by atoms with Gasteiger partial charge in [0, 0.05) is 18.7 Å². The van der Waals surface area contributed by atoms with Crippen molar-refractivity contribution in [2.24, 2.45) is 0 Å². The lowest BCUT2D eigenvalue weighted by Gasteiger charge is -2.24. The predicted octanol–water partition coefficient (Wildman–Crippen LogP) is 4.30. The monoisotopic (exact) mass is 391 g/mol. The Balaban J connectivity index is 0.00000243. The number of ether oxygens (including phenoxy) is 2. The largest absolute Gasteiger partial charge is 0.490 e. The van der Waals surface area contributed by atoms with Gasteiger partial charge in [0.05, 0.1) is 12.2 Å². The zero-order valence-corrected chi connectivity index (χ0v) is 14.5. The van der Waals surface area contributed by atoms with Gasteiger partial charge in [-0.15, -0.1) is 12.4 Å². The molecular weight excluding hydrogens is 374 g/mol. The van der Waals surface area contributed by atoms with E-state index < -0.39 is 17.6 Å². The molecular formula is C18H18ClF4NO2. The second-order valence-electron chi connectivity index (χ2n) is 5.73. The van der Waals surface area contributed by atoms with E-state index in [2.05, 4.69) is 5.32 Å². The molecule has 1 aliphatic rings. The Bertz CT molecular complexity index is 733. The van der Waals surface area contributed by atoms with Gasteiger partial charge in [-0.05, 0) is 35.9 Å². The fourth-order valence-corrected chi connectivity index (χ4v) is 2.62. The fourth-order valence-electron chi connectivity index (χ4n) is 2.62. The molecule has 1 atom stereocenters. The molecule has 0 saturated carbocycles. The zero-order chi connectivity index (χ0) is 17.9. The maximum atomic E-state index is 13.5. The van der Waals surface area contributed by atoms with Crippen molar-refractivity contribution < 1.29 is 27.0 Å². The summed E-state index contributed by atoms with van der Waals surface area (Å²) in [7, 11) is 0. The van der Waals surface area contributed by atoms with E-state index in [4.69, 9.17) is 9.47 Å². The molecule has 0 spiro atoms. The van der Waals surface area contributed by atoms with E-state index in [0.29, 0.717) is 18.7 Å². The highest BCUT2D eigenvalue weighted by molar-refractivity contribution is 5.85.